The Morgan fingerprint density at radius 3 is 2.10 bits per heavy atom. The van der Waals surface area contributed by atoms with Gasteiger partial charge in [0.15, 0.2) is 40.6 Å². The Morgan fingerprint density at radius 1 is 0.825 bits per heavy atom. The number of aliphatic hydroxyl groups is 2. The largest absolute Gasteiger partial charge is 0.504 e. The van der Waals surface area contributed by atoms with Gasteiger partial charge in [-0.05, 0) is 65.9 Å². The number of esters is 1. The Labute approximate surface area is 232 Å². The first-order chi connectivity index (χ1) is 19.3. The molecule has 10 nitrogen and oxygen atoms in total. The van der Waals surface area contributed by atoms with E-state index >= 15 is 0 Å². The lowest BCUT2D eigenvalue weighted by atomic mass is 9.85. The smallest absolute Gasteiger partial charge is 0.309 e. The van der Waals surface area contributed by atoms with E-state index in [-0.39, 0.29) is 35.1 Å². The first kappa shape index (κ1) is 28.8. The number of benzene rings is 3. The van der Waals surface area contributed by atoms with E-state index in [9.17, 15) is 25.2 Å². The van der Waals surface area contributed by atoms with Crippen LogP contribution in [0.25, 0.3) is 0 Å². The van der Waals surface area contributed by atoms with Crippen LogP contribution in [0, 0.1) is 11.8 Å². The second kappa shape index (κ2) is 12.8. The summed E-state index contributed by atoms with van der Waals surface area (Å²) in [6.07, 6.45) is -1.28. The minimum Gasteiger partial charge on any atom is -0.504 e. The zero-order valence-electron chi connectivity index (χ0n) is 22.6. The quantitative estimate of drug-likeness (QED) is 0.246. The summed E-state index contributed by atoms with van der Waals surface area (Å²) < 4.78 is 27.1. The Hall–Kier alpha value is -4.15. The molecule has 0 saturated carbocycles. The van der Waals surface area contributed by atoms with Crippen molar-refractivity contribution in [3.63, 3.8) is 0 Å². The third-order valence-electron chi connectivity index (χ3n) is 7.09. The van der Waals surface area contributed by atoms with E-state index in [1.165, 1.54) is 39.5 Å². The predicted octanol–water partition coefficient (Wildman–Crippen LogP) is 3.17. The molecule has 40 heavy (non-hydrogen) atoms. The number of ether oxygens (including phenoxy) is 5. The molecule has 4 atom stereocenters. The van der Waals surface area contributed by atoms with E-state index < -0.39 is 18.8 Å². The monoisotopic (exact) mass is 554 g/mol. The van der Waals surface area contributed by atoms with Gasteiger partial charge in [0.25, 0.3) is 0 Å². The molecule has 1 heterocycles. The number of phenolic OH excluding ortho intramolecular Hbond substituents is 2. The number of aliphatic hydroxyl groups excluding tert-OH is 2. The van der Waals surface area contributed by atoms with Gasteiger partial charge in [0.05, 0.1) is 40.5 Å². The highest BCUT2D eigenvalue weighted by Gasteiger charge is 2.37. The molecule has 1 aliphatic heterocycles. The molecule has 0 unspecified atom stereocenters. The molecule has 0 amide bonds. The minimum atomic E-state index is -1.23. The van der Waals surface area contributed by atoms with Crippen LogP contribution in [0.2, 0.25) is 0 Å². The molecule has 4 rings (SSSR count). The number of hydrogen-bond donors (Lipinski definition) is 4. The van der Waals surface area contributed by atoms with Crippen LogP contribution in [0.1, 0.15) is 22.8 Å². The van der Waals surface area contributed by atoms with Crippen molar-refractivity contribution >= 4 is 5.97 Å². The summed E-state index contributed by atoms with van der Waals surface area (Å²) in [5.74, 6) is 0.479. The van der Waals surface area contributed by atoms with Gasteiger partial charge in [0.1, 0.15) is 6.10 Å². The van der Waals surface area contributed by atoms with E-state index in [1.54, 1.807) is 36.4 Å². The zero-order chi connectivity index (χ0) is 28.8. The van der Waals surface area contributed by atoms with Gasteiger partial charge in [0.2, 0.25) is 0 Å². The first-order valence-corrected chi connectivity index (χ1v) is 12.8. The fraction of sp³-hybridized carbons (Fsp3) is 0.367. The molecule has 1 fully saturated rings. The summed E-state index contributed by atoms with van der Waals surface area (Å²) in [5.41, 5.74) is 2.14. The van der Waals surface area contributed by atoms with Crippen molar-refractivity contribution < 1.29 is 48.9 Å². The third-order valence-corrected chi connectivity index (χ3v) is 7.09. The van der Waals surface area contributed by atoms with Crippen LogP contribution in [0.3, 0.4) is 0 Å². The molecule has 1 aliphatic rings. The van der Waals surface area contributed by atoms with Crippen molar-refractivity contribution in [3.05, 3.63) is 71.3 Å². The third kappa shape index (κ3) is 6.35. The molecule has 10 heteroatoms. The van der Waals surface area contributed by atoms with Crippen molar-refractivity contribution in [2.45, 2.75) is 25.0 Å². The predicted molar refractivity (Wildman–Crippen MR) is 144 cm³/mol. The molecular formula is C30H34O10. The van der Waals surface area contributed by atoms with Gasteiger partial charge < -0.3 is 44.1 Å². The summed E-state index contributed by atoms with van der Waals surface area (Å²) >= 11 is 0. The first-order valence-electron chi connectivity index (χ1n) is 12.8. The lowest BCUT2D eigenvalue weighted by molar-refractivity contribution is -0.141. The normalized spacial score (nSPS) is 18.1. The number of carbonyl (C=O) groups is 1. The number of hydrogen-bond acceptors (Lipinski definition) is 10. The van der Waals surface area contributed by atoms with Crippen LogP contribution in [0.4, 0.5) is 0 Å². The molecule has 3 aromatic carbocycles. The van der Waals surface area contributed by atoms with Gasteiger partial charge in [0, 0.05) is 5.92 Å². The van der Waals surface area contributed by atoms with Gasteiger partial charge in [-0.15, -0.1) is 0 Å². The second-order valence-corrected chi connectivity index (χ2v) is 9.61. The van der Waals surface area contributed by atoms with E-state index in [0.29, 0.717) is 42.3 Å². The maximum Gasteiger partial charge on any atom is 0.309 e. The topological polar surface area (TPSA) is 144 Å². The average Bonchev–Trinajstić information content (AvgIpc) is 3.31. The molecular weight excluding hydrogens is 520 g/mol. The van der Waals surface area contributed by atoms with Gasteiger partial charge in [-0.1, -0.05) is 18.2 Å². The van der Waals surface area contributed by atoms with Crippen LogP contribution in [-0.4, -0.2) is 67.0 Å². The highest BCUT2D eigenvalue weighted by Crippen LogP contribution is 2.36. The van der Waals surface area contributed by atoms with Crippen molar-refractivity contribution in [1.29, 1.82) is 0 Å². The standard InChI is InChI=1S/C30H34O10/c1-36-25-12-17(4-7-22(25)32)10-20-16-39-30(35)21(20)11-18-5-9-24(27(13-18)38-3)40-28(15-31)29(34)19-6-8-23(33)26(14-19)37-2/h4-9,12-14,20-21,28-29,31-34H,10-11,15-16H2,1-3H3/t20-,21+,28+,29+/m0/s1. The number of cyclic esters (lactones) is 1. The van der Waals surface area contributed by atoms with Crippen LogP contribution < -0.4 is 18.9 Å². The van der Waals surface area contributed by atoms with Crippen molar-refractivity contribution in [2.75, 3.05) is 34.5 Å². The molecule has 0 radical (unpaired) electrons. The van der Waals surface area contributed by atoms with Gasteiger partial charge in [-0.3, -0.25) is 4.79 Å². The molecule has 0 aliphatic carbocycles. The Kier molecular flexibility index (Phi) is 9.23. The number of aromatic hydroxyl groups is 2. The molecule has 214 valence electrons. The zero-order valence-corrected chi connectivity index (χ0v) is 22.6. The fourth-order valence-electron chi connectivity index (χ4n) is 4.86. The summed E-state index contributed by atoms with van der Waals surface area (Å²) in [5, 5.41) is 40.5. The van der Waals surface area contributed by atoms with E-state index in [4.69, 9.17) is 23.7 Å². The molecule has 0 spiro atoms. The number of rotatable bonds is 12. The average molecular weight is 555 g/mol. The molecule has 0 bridgehead atoms. The molecule has 0 aromatic heterocycles. The number of carbonyl (C=O) groups excluding carboxylic acids is 1. The van der Waals surface area contributed by atoms with Crippen molar-refractivity contribution in [1.82, 2.24) is 0 Å². The lowest BCUT2D eigenvalue weighted by Gasteiger charge is -2.24. The second-order valence-electron chi connectivity index (χ2n) is 9.61. The Bertz CT molecular complexity index is 1320. The van der Waals surface area contributed by atoms with Crippen LogP contribution in [0.5, 0.6) is 34.5 Å². The maximum absolute atomic E-state index is 12.6. The summed E-state index contributed by atoms with van der Waals surface area (Å²) in [6, 6.07) is 14.7. The molecule has 3 aromatic rings. The molecule has 1 saturated heterocycles. The highest BCUT2D eigenvalue weighted by molar-refractivity contribution is 5.75. The fourth-order valence-corrected chi connectivity index (χ4v) is 4.86. The Balaban J connectivity index is 1.48. The van der Waals surface area contributed by atoms with E-state index in [0.717, 1.165) is 11.1 Å². The van der Waals surface area contributed by atoms with Gasteiger partial charge in [-0.2, -0.15) is 0 Å². The van der Waals surface area contributed by atoms with Gasteiger partial charge in [-0.25, -0.2) is 0 Å². The van der Waals surface area contributed by atoms with E-state index in [2.05, 4.69) is 0 Å². The van der Waals surface area contributed by atoms with Gasteiger partial charge >= 0.3 is 5.97 Å². The SMILES string of the molecule is COc1cc(C[C@H]2COC(=O)[C@@H]2Cc2ccc(O[C@H](CO)[C@H](O)c3ccc(O)c(OC)c3)c(OC)c2)ccc1O. The molecule has 4 N–H and O–H groups in total. The summed E-state index contributed by atoms with van der Waals surface area (Å²) in [6.45, 7) is -0.198. The van der Waals surface area contributed by atoms with Crippen LogP contribution in [-0.2, 0) is 22.4 Å². The Morgan fingerprint density at radius 2 is 1.43 bits per heavy atom. The minimum absolute atomic E-state index is 0.0506. The number of phenols is 2. The number of methoxy groups -OCH3 is 3. The summed E-state index contributed by atoms with van der Waals surface area (Å²) in [4.78, 5) is 12.6. The van der Waals surface area contributed by atoms with Crippen molar-refractivity contribution in [2.24, 2.45) is 11.8 Å². The maximum atomic E-state index is 12.6. The van der Waals surface area contributed by atoms with E-state index in [1.807, 2.05) is 0 Å². The van der Waals surface area contributed by atoms with Crippen LogP contribution >= 0.6 is 0 Å². The van der Waals surface area contributed by atoms with Crippen LogP contribution in [0.15, 0.2) is 54.6 Å². The van der Waals surface area contributed by atoms with Crippen molar-refractivity contribution in [3.8, 4) is 34.5 Å². The lowest BCUT2D eigenvalue weighted by Crippen LogP contribution is -2.29. The highest BCUT2D eigenvalue weighted by atomic mass is 16.5. The summed E-state index contributed by atoms with van der Waals surface area (Å²) in [7, 11) is 4.36.